The van der Waals surface area contributed by atoms with Gasteiger partial charge in [0.15, 0.2) is 5.82 Å². The molecule has 1 heterocycles. The molecule has 12 heteroatoms. The predicted molar refractivity (Wildman–Crippen MR) is 106 cm³/mol. The highest BCUT2D eigenvalue weighted by Gasteiger charge is 2.25. The fourth-order valence-electron chi connectivity index (χ4n) is 2.94. The minimum Gasteiger partial charge on any atom is -0.496 e. The van der Waals surface area contributed by atoms with E-state index in [9.17, 15) is 23.9 Å². The standard InChI is InChI=1S/C19H18FN5O6/c1-4-23(11-8-9-12(17(26)27)15(10-11)31-3)18(28)25-19(29)24(21-22-25)16-13(20)6-5-7-14(16)30-2/h5-10H,4H2,1-3H3,(H,26,27). The lowest BCUT2D eigenvalue weighted by Gasteiger charge is -2.20. The number of rotatable bonds is 6. The second-order valence-electron chi connectivity index (χ2n) is 6.09. The number of ether oxygens (including phenoxy) is 2. The van der Waals surface area contributed by atoms with Crippen molar-refractivity contribution in [3.05, 3.63) is 58.3 Å². The molecule has 0 saturated heterocycles. The van der Waals surface area contributed by atoms with Crippen molar-refractivity contribution < 1.29 is 28.6 Å². The van der Waals surface area contributed by atoms with Gasteiger partial charge in [-0.15, -0.1) is 4.68 Å². The summed E-state index contributed by atoms with van der Waals surface area (Å²) in [6.45, 7) is 1.75. The highest BCUT2D eigenvalue weighted by Crippen LogP contribution is 2.26. The first-order valence-electron chi connectivity index (χ1n) is 8.95. The van der Waals surface area contributed by atoms with E-state index < -0.39 is 23.5 Å². The number of halogens is 1. The lowest BCUT2D eigenvalue weighted by Crippen LogP contribution is -2.41. The van der Waals surface area contributed by atoms with Crippen LogP contribution in [-0.2, 0) is 0 Å². The van der Waals surface area contributed by atoms with Crippen LogP contribution in [0, 0.1) is 5.82 Å². The first kappa shape index (κ1) is 21.5. The van der Waals surface area contributed by atoms with Crippen LogP contribution in [0.1, 0.15) is 17.3 Å². The fourth-order valence-corrected chi connectivity index (χ4v) is 2.94. The third kappa shape index (κ3) is 3.82. The Morgan fingerprint density at radius 1 is 1.13 bits per heavy atom. The summed E-state index contributed by atoms with van der Waals surface area (Å²) in [6, 6.07) is 7.07. The summed E-state index contributed by atoms with van der Waals surface area (Å²) in [6.07, 6.45) is 0. The summed E-state index contributed by atoms with van der Waals surface area (Å²) in [5.74, 6) is -1.93. The van der Waals surface area contributed by atoms with Crippen LogP contribution in [0.2, 0.25) is 0 Å². The van der Waals surface area contributed by atoms with E-state index >= 15 is 0 Å². The van der Waals surface area contributed by atoms with Crippen molar-refractivity contribution in [1.29, 1.82) is 0 Å². The molecule has 0 bridgehead atoms. The van der Waals surface area contributed by atoms with E-state index in [0.29, 0.717) is 9.36 Å². The van der Waals surface area contributed by atoms with Gasteiger partial charge < -0.3 is 14.6 Å². The Hall–Kier alpha value is -4.22. The Labute approximate surface area is 174 Å². The number of hydrogen-bond donors (Lipinski definition) is 1. The molecule has 0 spiro atoms. The SMILES string of the molecule is CCN(C(=O)n1nnn(-c2c(F)cccc2OC)c1=O)c1ccc(C(=O)O)c(OC)c1. The number of carboxylic acids is 1. The van der Waals surface area contributed by atoms with Crippen LogP contribution in [0.15, 0.2) is 41.2 Å². The number of carbonyl (C=O) groups is 2. The van der Waals surface area contributed by atoms with Crippen molar-refractivity contribution in [3.63, 3.8) is 0 Å². The molecule has 0 atom stereocenters. The van der Waals surface area contributed by atoms with Crippen LogP contribution in [0.25, 0.3) is 5.69 Å². The summed E-state index contributed by atoms with van der Waals surface area (Å²) in [7, 11) is 2.59. The second-order valence-corrected chi connectivity index (χ2v) is 6.09. The van der Waals surface area contributed by atoms with E-state index in [-0.39, 0.29) is 35.0 Å². The summed E-state index contributed by atoms with van der Waals surface area (Å²) in [5.41, 5.74) is -1.13. The molecule has 0 fully saturated rings. The lowest BCUT2D eigenvalue weighted by atomic mass is 10.1. The van der Waals surface area contributed by atoms with Crippen LogP contribution in [0.5, 0.6) is 11.5 Å². The maximum absolute atomic E-state index is 14.3. The van der Waals surface area contributed by atoms with Gasteiger partial charge in [-0.3, -0.25) is 4.90 Å². The van der Waals surface area contributed by atoms with Crippen molar-refractivity contribution in [2.45, 2.75) is 6.92 Å². The largest absolute Gasteiger partial charge is 0.496 e. The minimum absolute atomic E-state index is 0.0305. The van der Waals surface area contributed by atoms with Crippen LogP contribution in [0.3, 0.4) is 0 Å². The number of aromatic carboxylic acids is 1. The molecule has 31 heavy (non-hydrogen) atoms. The molecule has 0 aliphatic carbocycles. The third-order valence-electron chi connectivity index (χ3n) is 4.42. The van der Waals surface area contributed by atoms with Gasteiger partial charge in [-0.05, 0) is 41.6 Å². The average molecular weight is 431 g/mol. The highest BCUT2D eigenvalue weighted by atomic mass is 19.1. The molecule has 0 aliphatic heterocycles. The van der Waals surface area contributed by atoms with Crippen molar-refractivity contribution in [2.75, 3.05) is 25.7 Å². The smallest absolute Gasteiger partial charge is 0.377 e. The molecule has 162 valence electrons. The van der Waals surface area contributed by atoms with Crippen molar-refractivity contribution in [3.8, 4) is 17.2 Å². The normalized spacial score (nSPS) is 10.6. The Balaban J connectivity index is 2.04. The number of para-hydroxylation sites is 1. The van der Waals surface area contributed by atoms with Crippen LogP contribution in [0.4, 0.5) is 14.9 Å². The van der Waals surface area contributed by atoms with Crippen molar-refractivity contribution in [2.24, 2.45) is 0 Å². The summed E-state index contributed by atoms with van der Waals surface area (Å²) in [5, 5.41) is 16.4. The first-order valence-corrected chi connectivity index (χ1v) is 8.95. The van der Waals surface area contributed by atoms with E-state index in [1.807, 2.05) is 0 Å². The van der Waals surface area contributed by atoms with Crippen molar-refractivity contribution in [1.82, 2.24) is 19.8 Å². The Kier molecular flexibility index (Phi) is 6.00. The topological polar surface area (TPSA) is 129 Å². The Morgan fingerprint density at radius 3 is 2.45 bits per heavy atom. The zero-order valence-corrected chi connectivity index (χ0v) is 16.8. The zero-order valence-electron chi connectivity index (χ0n) is 16.8. The molecular formula is C19H18FN5O6. The molecule has 3 rings (SSSR count). The molecule has 0 saturated carbocycles. The predicted octanol–water partition coefficient (Wildman–Crippen LogP) is 1.78. The average Bonchev–Trinajstić information content (AvgIpc) is 3.14. The zero-order chi connectivity index (χ0) is 22.7. The summed E-state index contributed by atoms with van der Waals surface area (Å²) < 4.78 is 25.5. The second kappa shape index (κ2) is 8.65. The third-order valence-corrected chi connectivity index (χ3v) is 4.42. The summed E-state index contributed by atoms with van der Waals surface area (Å²) in [4.78, 5) is 38.2. The number of anilines is 1. The van der Waals surface area contributed by atoms with Gasteiger partial charge in [-0.2, -0.15) is 4.68 Å². The molecule has 0 unspecified atom stereocenters. The van der Waals surface area contributed by atoms with Gasteiger partial charge in [-0.1, -0.05) is 6.07 Å². The fraction of sp³-hybridized carbons (Fsp3) is 0.211. The number of carbonyl (C=O) groups excluding carboxylic acids is 1. The molecule has 1 N–H and O–H groups in total. The maximum Gasteiger partial charge on any atom is 0.377 e. The van der Waals surface area contributed by atoms with E-state index in [0.717, 1.165) is 11.0 Å². The van der Waals surface area contributed by atoms with Gasteiger partial charge >= 0.3 is 17.7 Å². The van der Waals surface area contributed by atoms with E-state index in [2.05, 4.69) is 10.4 Å². The van der Waals surface area contributed by atoms with E-state index in [1.54, 1.807) is 6.92 Å². The molecule has 2 aromatic carbocycles. The number of tetrazole rings is 1. The van der Waals surface area contributed by atoms with Gasteiger partial charge in [0, 0.05) is 18.3 Å². The number of carboxylic acid groups (broad SMARTS) is 1. The molecule has 11 nitrogen and oxygen atoms in total. The lowest BCUT2D eigenvalue weighted by molar-refractivity contribution is 0.0693. The quantitative estimate of drug-likeness (QED) is 0.585. The Bertz CT molecular complexity index is 1200. The molecule has 0 aliphatic rings. The van der Waals surface area contributed by atoms with E-state index in [1.165, 1.54) is 44.6 Å². The van der Waals surface area contributed by atoms with Gasteiger partial charge in [0.25, 0.3) is 0 Å². The number of benzene rings is 2. The molecule has 1 amide bonds. The molecule has 1 aromatic heterocycles. The monoisotopic (exact) mass is 431 g/mol. The van der Waals surface area contributed by atoms with Gasteiger partial charge in [0.05, 0.1) is 14.2 Å². The molecule has 3 aromatic rings. The van der Waals surface area contributed by atoms with Gasteiger partial charge in [0.2, 0.25) is 0 Å². The van der Waals surface area contributed by atoms with Crippen LogP contribution >= 0.6 is 0 Å². The Morgan fingerprint density at radius 2 is 1.84 bits per heavy atom. The number of methoxy groups -OCH3 is 2. The summed E-state index contributed by atoms with van der Waals surface area (Å²) >= 11 is 0. The van der Waals surface area contributed by atoms with E-state index in [4.69, 9.17) is 9.47 Å². The van der Waals surface area contributed by atoms with Crippen LogP contribution in [-0.4, -0.2) is 57.7 Å². The number of aromatic nitrogens is 4. The number of amides is 1. The van der Waals surface area contributed by atoms with Gasteiger partial charge in [0.1, 0.15) is 22.7 Å². The molecular weight excluding hydrogens is 413 g/mol. The number of nitrogens with zero attached hydrogens (tertiary/aromatic N) is 5. The maximum atomic E-state index is 14.3. The van der Waals surface area contributed by atoms with Crippen LogP contribution < -0.4 is 20.1 Å². The molecule has 0 radical (unpaired) electrons. The van der Waals surface area contributed by atoms with Gasteiger partial charge in [-0.25, -0.2) is 18.8 Å². The van der Waals surface area contributed by atoms with Crippen molar-refractivity contribution >= 4 is 17.7 Å². The number of hydrogen-bond acceptors (Lipinski definition) is 7. The first-order chi connectivity index (χ1) is 14.8. The highest BCUT2D eigenvalue weighted by molar-refractivity contribution is 5.95. The minimum atomic E-state index is -1.20.